The summed E-state index contributed by atoms with van der Waals surface area (Å²) in [6.07, 6.45) is 2.83. The average molecular weight is 492 g/mol. The number of carbonyl (C=O) groups is 2. The number of aromatic nitrogens is 2. The maximum absolute atomic E-state index is 13.7. The topological polar surface area (TPSA) is 102 Å². The van der Waals surface area contributed by atoms with Gasteiger partial charge in [-0.2, -0.15) is 0 Å². The zero-order valence-corrected chi connectivity index (χ0v) is 20.4. The number of aryl methyl sites for hydroxylation is 1. The summed E-state index contributed by atoms with van der Waals surface area (Å²) in [4.78, 5) is 46.3. The standard InChI is InChI=1S/C27H33N5O4/c33-24(34)12-6-16-30-20-32(21-8-2-1-3-9-21)27(25(30)35)13-18-29(19-14-27)15-7-17-31-23-11-5-4-10-22(23)28-26(31)36/h1-5,8-11H,6-7,12-20H2,(H,28,36)(H,33,34). The minimum absolute atomic E-state index is 0.0649. The van der Waals surface area contributed by atoms with Crippen LogP contribution in [0.1, 0.15) is 32.1 Å². The van der Waals surface area contributed by atoms with Crippen molar-refractivity contribution in [3.63, 3.8) is 0 Å². The number of hydrogen-bond donors (Lipinski definition) is 2. The van der Waals surface area contributed by atoms with E-state index in [1.807, 2.05) is 59.5 Å². The molecule has 0 unspecified atom stereocenters. The Balaban J connectivity index is 1.23. The lowest BCUT2D eigenvalue weighted by Gasteiger charge is -2.43. The van der Waals surface area contributed by atoms with Crippen molar-refractivity contribution in [1.29, 1.82) is 0 Å². The molecule has 1 aromatic heterocycles. The predicted octanol–water partition coefficient (Wildman–Crippen LogP) is 2.73. The van der Waals surface area contributed by atoms with E-state index < -0.39 is 11.5 Å². The summed E-state index contributed by atoms with van der Waals surface area (Å²) >= 11 is 0. The summed E-state index contributed by atoms with van der Waals surface area (Å²) in [5.74, 6) is -0.721. The zero-order valence-electron chi connectivity index (χ0n) is 20.4. The van der Waals surface area contributed by atoms with Crippen molar-refractivity contribution in [2.24, 2.45) is 0 Å². The fraction of sp³-hybridized carbons (Fsp3) is 0.444. The maximum atomic E-state index is 13.7. The molecule has 1 amide bonds. The molecule has 0 saturated carbocycles. The molecular weight excluding hydrogens is 458 g/mol. The van der Waals surface area contributed by atoms with Gasteiger partial charge in [-0.1, -0.05) is 30.3 Å². The van der Waals surface area contributed by atoms with Crippen LogP contribution in [-0.4, -0.2) is 74.7 Å². The van der Waals surface area contributed by atoms with E-state index in [2.05, 4.69) is 14.8 Å². The third kappa shape index (κ3) is 4.63. The van der Waals surface area contributed by atoms with Gasteiger partial charge in [-0.25, -0.2) is 4.79 Å². The molecule has 0 aliphatic carbocycles. The van der Waals surface area contributed by atoms with E-state index in [9.17, 15) is 14.4 Å². The number of para-hydroxylation sites is 3. The van der Waals surface area contributed by atoms with Gasteiger partial charge in [0.2, 0.25) is 5.91 Å². The van der Waals surface area contributed by atoms with Crippen molar-refractivity contribution >= 4 is 28.6 Å². The molecule has 2 saturated heterocycles. The summed E-state index contributed by atoms with van der Waals surface area (Å²) in [7, 11) is 0. The monoisotopic (exact) mass is 491 g/mol. The van der Waals surface area contributed by atoms with E-state index in [-0.39, 0.29) is 18.0 Å². The van der Waals surface area contributed by atoms with E-state index in [0.717, 1.165) is 55.6 Å². The Morgan fingerprint density at radius 1 is 0.917 bits per heavy atom. The lowest BCUT2D eigenvalue weighted by atomic mass is 9.85. The molecule has 5 rings (SSSR count). The number of aliphatic carboxylic acids is 1. The SMILES string of the molecule is O=C(O)CCCN1CN(c2ccccc2)C2(CCN(CCCn3c(=O)[nH]c4ccccc43)CC2)C1=O. The molecule has 2 aromatic carbocycles. The number of amides is 1. The molecule has 0 atom stereocenters. The number of carboxylic acids is 1. The molecule has 0 radical (unpaired) electrons. The van der Waals surface area contributed by atoms with E-state index in [1.54, 1.807) is 4.57 Å². The largest absolute Gasteiger partial charge is 0.481 e. The van der Waals surface area contributed by atoms with Crippen molar-refractivity contribution in [2.45, 2.75) is 44.2 Å². The number of H-pyrrole nitrogens is 1. The maximum Gasteiger partial charge on any atom is 0.326 e. The molecule has 9 heteroatoms. The number of piperidine rings is 1. The molecule has 3 heterocycles. The molecule has 2 N–H and O–H groups in total. The Hall–Kier alpha value is -3.59. The third-order valence-electron chi connectivity index (χ3n) is 7.62. The Labute approximate surface area is 209 Å². The average Bonchev–Trinajstić information content (AvgIpc) is 3.34. The molecule has 1 spiro atoms. The summed E-state index contributed by atoms with van der Waals surface area (Å²) in [5.41, 5.74) is 2.15. The van der Waals surface area contributed by atoms with Crippen LogP contribution in [0.15, 0.2) is 59.4 Å². The highest BCUT2D eigenvalue weighted by molar-refractivity contribution is 5.93. The second kappa shape index (κ2) is 10.2. The summed E-state index contributed by atoms with van der Waals surface area (Å²) in [5, 5.41) is 9.01. The normalized spacial score (nSPS) is 17.9. The Morgan fingerprint density at radius 3 is 2.39 bits per heavy atom. The summed E-state index contributed by atoms with van der Waals surface area (Å²) in [6, 6.07) is 17.8. The molecule has 36 heavy (non-hydrogen) atoms. The first-order valence-electron chi connectivity index (χ1n) is 12.7. The van der Waals surface area contributed by atoms with Crippen LogP contribution in [0.25, 0.3) is 11.0 Å². The lowest BCUT2D eigenvalue weighted by Crippen LogP contribution is -2.56. The van der Waals surface area contributed by atoms with Crippen molar-refractivity contribution in [1.82, 2.24) is 19.4 Å². The van der Waals surface area contributed by atoms with Gasteiger partial charge >= 0.3 is 11.7 Å². The van der Waals surface area contributed by atoms with E-state index in [0.29, 0.717) is 26.2 Å². The van der Waals surface area contributed by atoms with Gasteiger partial charge in [0.1, 0.15) is 5.54 Å². The lowest BCUT2D eigenvalue weighted by molar-refractivity contribution is -0.138. The number of aromatic amines is 1. The number of carbonyl (C=O) groups excluding carboxylic acids is 1. The van der Waals surface area contributed by atoms with Crippen molar-refractivity contribution in [3.8, 4) is 0 Å². The number of imidazole rings is 1. The van der Waals surface area contributed by atoms with Crippen molar-refractivity contribution < 1.29 is 14.7 Å². The molecule has 9 nitrogen and oxygen atoms in total. The van der Waals surface area contributed by atoms with Gasteiger partial charge in [0.15, 0.2) is 0 Å². The summed E-state index contributed by atoms with van der Waals surface area (Å²) in [6.45, 7) is 4.08. The van der Waals surface area contributed by atoms with Crippen LogP contribution in [0, 0.1) is 0 Å². The first-order valence-corrected chi connectivity index (χ1v) is 12.7. The number of nitrogens with one attached hydrogen (secondary N) is 1. The van der Waals surface area contributed by atoms with Crippen LogP contribution in [0.4, 0.5) is 5.69 Å². The second-order valence-electron chi connectivity index (χ2n) is 9.80. The minimum Gasteiger partial charge on any atom is -0.481 e. The number of hydrogen-bond acceptors (Lipinski definition) is 5. The van der Waals surface area contributed by atoms with Gasteiger partial charge < -0.3 is 24.8 Å². The van der Waals surface area contributed by atoms with Crippen LogP contribution >= 0.6 is 0 Å². The molecule has 2 aliphatic rings. The van der Waals surface area contributed by atoms with Crippen LogP contribution in [-0.2, 0) is 16.1 Å². The molecule has 2 fully saturated rings. The van der Waals surface area contributed by atoms with E-state index in [4.69, 9.17) is 5.11 Å². The fourth-order valence-corrected chi connectivity index (χ4v) is 5.72. The summed E-state index contributed by atoms with van der Waals surface area (Å²) < 4.78 is 1.80. The smallest absolute Gasteiger partial charge is 0.326 e. The van der Waals surface area contributed by atoms with E-state index in [1.165, 1.54) is 0 Å². The molecule has 0 bridgehead atoms. The van der Waals surface area contributed by atoms with Crippen LogP contribution in [0.2, 0.25) is 0 Å². The first-order chi connectivity index (χ1) is 17.5. The minimum atomic E-state index is -0.834. The fourth-order valence-electron chi connectivity index (χ4n) is 5.72. The Morgan fingerprint density at radius 2 is 1.64 bits per heavy atom. The second-order valence-corrected chi connectivity index (χ2v) is 9.80. The first kappa shape index (κ1) is 24.1. The number of fused-ring (bicyclic) bond motifs is 1. The highest BCUT2D eigenvalue weighted by atomic mass is 16.4. The molecule has 190 valence electrons. The number of likely N-dealkylation sites (tertiary alicyclic amines) is 1. The third-order valence-corrected chi connectivity index (χ3v) is 7.62. The highest BCUT2D eigenvalue weighted by Gasteiger charge is 2.53. The van der Waals surface area contributed by atoms with E-state index >= 15 is 0 Å². The molecular formula is C27H33N5O4. The van der Waals surface area contributed by atoms with Gasteiger partial charge in [0, 0.05) is 38.3 Å². The van der Waals surface area contributed by atoms with Crippen LogP contribution < -0.4 is 10.6 Å². The number of anilines is 1. The van der Waals surface area contributed by atoms with Gasteiger partial charge in [-0.05, 0) is 56.5 Å². The Kier molecular flexibility index (Phi) is 6.82. The zero-order chi connectivity index (χ0) is 25.1. The predicted molar refractivity (Wildman–Crippen MR) is 138 cm³/mol. The van der Waals surface area contributed by atoms with Crippen LogP contribution in [0.5, 0.6) is 0 Å². The van der Waals surface area contributed by atoms with Crippen molar-refractivity contribution in [2.75, 3.05) is 37.7 Å². The molecule has 2 aliphatic heterocycles. The molecule has 3 aromatic rings. The highest BCUT2D eigenvalue weighted by Crippen LogP contribution is 2.39. The Bertz CT molecular complexity index is 1280. The van der Waals surface area contributed by atoms with Gasteiger partial charge in [-0.3, -0.25) is 14.2 Å². The van der Waals surface area contributed by atoms with Crippen molar-refractivity contribution in [3.05, 3.63) is 65.1 Å². The number of benzene rings is 2. The number of rotatable bonds is 9. The number of carboxylic acid groups (broad SMARTS) is 1. The van der Waals surface area contributed by atoms with Gasteiger partial charge in [0.25, 0.3) is 0 Å². The van der Waals surface area contributed by atoms with Gasteiger partial charge in [0.05, 0.1) is 17.7 Å². The quantitative estimate of drug-likeness (QED) is 0.477. The van der Waals surface area contributed by atoms with Crippen LogP contribution in [0.3, 0.4) is 0 Å². The van der Waals surface area contributed by atoms with Gasteiger partial charge in [-0.15, -0.1) is 0 Å². The number of nitrogens with zero attached hydrogens (tertiary/aromatic N) is 4.